The lowest BCUT2D eigenvalue weighted by Gasteiger charge is -2.16. The van der Waals surface area contributed by atoms with Gasteiger partial charge in [-0.1, -0.05) is 24.3 Å². The molecule has 0 aliphatic heterocycles. The summed E-state index contributed by atoms with van der Waals surface area (Å²) in [6.07, 6.45) is 4.83. The molecule has 2 aromatic carbocycles. The molecule has 21 heavy (non-hydrogen) atoms. The van der Waals surface area contributed by atoms with E-state index in [2.05, 4.69) is 13.2 Å². The number of phenols is 2. The lowest BCUT2D eigenvalue weighted by atomic mass is 9.93. The van der Waals surface area contributed by atoms with E-state index in [-0.39, 0.29) is 11.5 Å². The van der Waals surface area contributed by atoms with Gasteiger partial charge in [-0.2, -0.15) is 0 Å². The molecule has 3 heteroatoms. The highest BCUT2D eigenvalue weighted by Gasteiger charge is 2.15. The van der Waals surface area contributed by atoms with Crippen molar-refractivity contribution in [3.05, 3.63) is 66.8 Å². The molecule has 3 nitrogen and oxygen atoms in total. The third-order valence-electron chi connectivity index (χ3n) is 3.43. The van der Waals surface area contributed by atoms with Gasteiger partial charge in [0.15, 0.2) is 0 Å². The van der Waals surface area contributed by atoms with Gasteiger partial charge in [-0.15, -0.1) is 13.2 Å². The SMILES string of the molecule is C=CCc1cc(-c2ccc(O)cc2)c(O)c(N)c1CC=C. The van der Waals surface area contributed by atoms with E-state index in [0.717, 1.165) is 16.7 Å². The third-order valence-corrected chi connectivity index (χ3v) is 3.43. The number of hydrogen-bond donors (Lipinski definition) is 3. The maximum Gasteiger partial charge on any atom is 0.146 e. The lowest BCUT2D eigenvalue weighted by molar-refractivity contribution is 0.474. The van der Waals surface area contributed by atoms with E-state index in [9.17, 15) is 10.2 Å². The van der Waals surface area contributed by atoms with Gasteiger partial charge in [0.1, 0.15) is 11.5 Å². The molecule has 0 saturated carbocycles. The second kappa shape index (κ2) is 6.18. The van der Waals surface area contributed by atoms with Gasteiger partial charge < -0.3 is 15.9 Å². The summed E-state index contributed by atoms with van der Waals surface area (Å²) in [5, 5.41) is 19.7. The molecule has 0 atom stereocenters. The summed E-state index contributed by atoms with van der Waals surface area (Å²) in [6.45, 7) is 7.49. The Bertz CT molecular complexity index is 673. The molecule has 108 valence electrons. The van der Waals surface area contributed by atoms with Crippen LogP contribution in [-0.4, -0.2) is 10.2 Å². The van der Waals surface area contributed by atoms with Gasteiger partial charge in [-0.05, 0) is 47.7 Å². The van der Waals surface area contributed by atoms with E-state index >= 15 is 0 Å². The minimum atomic E-state index is 0.0605. The van der Waals surface area contributed by atoms with Crippen LogP contribution in [0.4, 0.5) is 5.69 Å². The fourth-order valence-electron chi connectivity index (χ4n) is 2.37. The molecule has 0 amide bonds. The predicted molar refractivity (Wildman–Crippen MR) is 87.4 cm³/mol. The third kappa shape index (κ3) is 2.92. The smallest absolute Gasteiger partial charge is 0.146 e. The Morgan fingerprint density at radius 1 is 1.00 bits per heavy atom. The fourth-order valence-corrected chi connectivity index (χ4v) is 2.37. The van der Waals surface area contributed by atoms with E-state index in [4.69, 9.17) is 5.73 Å². The molecule has 0 heterocycles. The van der Waals surface area contributed by atoms with E-state index in [1.807, 2.05) is 6.07 Å². The van der Waals surface area contributed by atoms with Crippen molar-refractivity contribution in [1.29, 1.82) is 0 Å². The largest absolute Gasteiger partial charge is 0.508 e. The van der Waals surface area contributed by atoms with Crippen LogP contribution in [0.1, 0.15) is 11.1 Å². The molecule has 0 aromatic heterocycles. The van der Waals surface area contributed by atoms with Gasteiger partial charge in [-0.25, -0.2) is 0 Å². The monoisotopic (exact) mass is 281 g/mol. The van der Waals surface area contributed by atoms with Gasteiger partial charge in [0.25, 0.3) is 0 Å². The average Bonchev–Trinajstić information content (AvgIpc) is 2.48. The molecule has 0 unspecified atom stereocenters. The van der Waals surface area contributed by atoms with Crippen LogP contribution in [0.2, 0.25) is 0 Å². The van der Waals surface area contributed by atoms with E-state index in [0.29, 0.717) is 24.1 Å². The van der Waals surface area contributed by atoms with Crippen LogP contribution < -0.4 is 5.73 Å². The van der Waals surface area contributed by atoms with Crippen molar-refractivity contribution < 1.29 is 10.2 Å². The zero-order chi connectivity index (χ0) is 15.4. The van der Waals surface area contributed by atoms with Crippen LogP contribution in [0, 0.1) is 0 Å². The Hall–Kier alpha value is -2.68. The van der Waals surface area contributed by atoms with Gasteiger partial charge in [0, 0.05) is 5.56 Å². The first kappa shape index (κ1) is 14.7. The first-order valence-corrected chi connectivity index (χ1v) is 6.72. The van der Waals surface area contributed by atoms with Gasteiger partial charge in [-0.3, -0.25) is 0 Å². The average molecular weight is 281 g/mol. The molecule has 0 fully saturated rings. The van der Waals surface area contributed by atoms with Crippen LogP contribution in [0.15, 0.2) is 55.6 Å². The number of rotatable bonds is 5. The molecular weight excluding hydrogens is 262 g/mol. The van der Waals surface area contributed by atoms with E-state index in [1.165, 1.54) is 0 Å². The van der Waals surface area contributed by atoms with Crippen molar-refractivity contribution in [2.75, 3.05) is 5.73 Å². The quantitative estimate of drug-likeness (QED) is 0.443. The highest BCUT2D eigenvalue weighted by Crippen LogP contribution is 2.39. The van der Waals surface area contributed by atoms with Gasteiger partial charge >= 0.3 is 0 Å². The Labute approximate surface area is 124 Å². The number of nitrogens with two attached hydrogens (primary N) is 1. The summed E-state index contributed by atoms with van der Waals surface area (Å²) in [4.78, 5) is 0. The summed E-state index contributed by atoms with van der Waals surface area (Å²) < 4.78 is 0. The maximum absolute atomic E-state index is 10.4. The first-order chi connectivity index (χ1) is 10.1. The predicted octanol–water partition coefficient (Wildman–Crippen LogP) is 3.80. The Morgan fingerprint density at radius 3 is 2.19 bits per heavy atom. The van der Waals surface area contributed by atoms with Crippen molar-refractivity contribution in [2.24, 2.45) is 0 Å². The number of aromatic hydroxyl groups is 2. The zero-order valence-corrected chi connectivity index (χ0v) is 11.8. The molecular formula is C18H19NO2. The van der Waals surface area contributed by atoms with Crippen LogP contribution in [0.3, 0.4) is 0 Å². The molecule has 0 spiro atoms. The number of allylic oxidation sites excluding steroid dienone is 2. The fraction of sp³-hybridized carbons (Fsp3) is 0.111. The minimum absolute atomic E-state index is 0.0605. The molecule has 2 rings (SSSR count). The highest BCUT2D eigenvalue weighted by molar-refractivity contribution is 5.80. The Balaban J connectivity index is 2.64. The van der Waals surface area contributed by atoms with Crippen LogP contribution in [0.25, 0.3) is 11.1 Å². The standard InChI is InChI=1S/C18H19NO2/c1-3-5-13-11-16(12-7-9-14(20)10-8-12)18(21)17(19)15(13)6-4-2/h3-4,7-11,20-21H,1-2,5-6,19H2. The van der Waals surface area contributed by atoms with Gasteiger partial charge in [0.05, 0.1) is 5.69 Å². The number of nitrogen functional groups attached to an aromatic ring is 1. The van der Waals surface area contributed by atoms with Crippen molar-refractivity contribution in [1.82, 2.24) is 0 Å². The molecule has 0 radical (unpaired) electrons. The highest BCUT2D eigenvalue weighted by atomic mass is 16.3. The lowest BCUT2D eigenvalue weighted by Crippen LogP contribution is -2.01. The second-order valence-electron chi connectivity index (χ2n) is 4.86. The summed E-state index contributed by atoms with van der Waals surface area (Å²) in [5.41, 5.74) is 9.80. The van der Waals surface area contributed by atoms with Crippen molar-refractivity contribution in [3.8, 4) is 22.6 Å². The van der Waals surface area contributed by atoms with E-state index in [1.54, 1.807) is 36.4 Å². The normalized spacial score (nSPS) is 10.3. The Kier molecular flexibility index (Phi) is 4.33. The molecule has 0 saturated heterocycles. The number of benzene rings is 2. The molecule has 0 aliphatic carbocycles. The summed E-state index contributed by atoms with van der Waals surface area (Å²) in [5.74, 6) is 0.242. The zero-order valence-electron chi connectivity index (χ0n) is 11.8. The molecule has 4 N–H and O–H groups in total. The minimum Gasteiger partial charge on any atom is -0.508 e. The van der Waals surface area contributed by atoms with Crippen LogP contribution in [0.5, 0.6) is 11.5 Å². The van der Waals surface area contributed by atoms with Crippen molar-refractivity contribution >= 4 is 5.69 Å². The summed E-state index contributed by atoms with van der Waals surface area (Å²) in [6, 6.07) is 8.56. The maximum atomic E-state index is 10.4. The Morgan fingerprint density at radius 2 is 1.62 bits per heavy atom. The summed E-state index contributed by atoms with van der Waals surface area (Å²) >= 11 is 0. The topological polar surface area (TPSA) is 66.5 Å². The van der Waals surface area contributed by atoms with Crippen LogP contribution in [-0.2, 0) is 12.8 Å². The van der Waals surface area contributed by atoms with Crippen LogP contribution >= 0.6 is 0 Å². The number of anilines is 1. The van der Waals surface area contributed by atoms with E-state index < -0.39 is 0 Å². The molecule has 0 bridgehead atoms. The van der Waals surface area contributed by atoms with Gasteiger partial charge in [0.2, 0.25) is 0 Å². The molecule has 0 aliphatic rings. The molecule has 2 aromatic rings. The van der Waals surface area contributed by atoms with Crippen molar-refractivity contribution in [2.45, 2.75) is 12.8 Å². The first-order valence-electron chi connectivity index (χ1n) is 6.72. The number of hydrogen-bond acceptors (Lipinski definition) is 3. The van der Waals surface area contributed by atoms with Crippen molar-refractivity contribution in [3.63, 3.8) is 0 Å². The summed E-state index contributed by atoms with van der Waals surface area (Å²) in [7, 11) is 0. The number of phenolic OH excluding ortho intramolecular Hbond substituents is 2. The second-order valence-corrected chi connectivity index (χ2v) is 4.86.